The van der Waals surface area contributed by atoms with Crippen LogP contribution in [0.3, 0.4) is 0 Å². The summed E-state index contributed by atoms with van der Waals surface area (Å²) < 4.78 is 25.5. The standard InChI is InChI=1S/C10H7ClF2N2O2/c11-3-6-1-5(2-8(16)17)9(10(12)13)7(4-14)15-6/h1,10H,2-3H2,(H,16,17). The molecule has 1 heterocycles. The number of aliphatic carboxylic acids is 1. The molecule has 0 unspecified atom stereocenters. The first kappa shape index (κ1) is 13.3. The normalized spacial score (nSPS) is 10.3. The van der Waals surface area contributed by atoms with Crippen LogP contribution in [0.5, 0.6) is 0 Å². The van der Waals surface area contributed by atoms with Crippen LogP contribution < -0.4 is 0 Å². The van der Waals surface area contributed by atoms with Crippen LogP contribution in [0.1, 0.15) is 28.9 Å². The molecule has 0 saturated heterocycles. The van der Waals surface area contributed by atoms with Gasteiger partial charge >= 0.3 is 5.97 Å². The number of aromatic nitrogens is 1. The van der Waals surface area contributed by atoms with E-state index in [4.69, 9.17) is 22.0 Å². The van der Waals surface area contributed by atoms with Gasteiger partial charge in [-0.25, -0.2) is 13.8 Å². The average Bonchev–Trinajstić information content (AvgIpc) is 2.26. The van der Waals surface area contributed by atoms with Crippen molar-refractivity contribution in [2.75, 3.05) is 0 Å². The quantitative estimate of drug-likeness (QED) is 0.843. The van der Waals surface area contributed by atoms with Gasteiger partial charge in [0.05, 0.1) is 23.6 Å². The summed E-state index contributed by atoms with van der Waals surface area (Å²) in [5.41, 5.74) is -1.04. The lowest BCUT2D eigenvalue weighted by molar-refractivity contribution is -0.136. The van der Waals surface area contributed by atoms with Crippen molar-refractivity contribution < 1.29 is 18.7 Å². The molecule has 0 atom stereocenters. The Balaban J connectivity index is 3.41. The first-order valence-electron chi connectivity index (χ1n) is 4.48. The van der Waals surface area contributed by atoms with Crippen LogP contribution in [0.15, 0.2) is 6.07 Å². The van der Waals surface area contributed by atoms with Gasteiger partial charge in [-0.05, 0) is 11.6 Å². The number of nitrogens with zero attached hydrogens (tertiary/aromatic N) is 2. The second-order valence-corrected chi connectivity index (χ2v) is 3.42. The van der Waals surface area contributed by atoms with Gasteiger partial charge in [0.15, 0.2) is 0 Å². The van der Waals surface area contributed by atoms with E-state index in [-0.39, 0.29) is 17.1 Å². The molecule has 1 rings (SSSR count). The van der Waals surface area contributed by atoms with Crippen molar-refractivity contribution in [3.63, 3.8) is 0 Å². The van der Waals surface area contributed by atoms with E-state index < -0.39 is 30.1 Å². The van der Waals surface area contributed by atoms with Gasteiger partial charge in [-0.3, -0.25) is 4.79 Å². The second kappa shape index (κ2) is 5.55. The number of rotatable bonds is 4. The van der Waals surface area contributed by atoms with E-state index in [2.05, 4.69) is 4.98 Å². The van der Waals surface area contributed by atoms with Crippen molar-refractivity contribution in [3.8, 4) is 6.07 Å². The summed E-state index contributed by atoms with van der Waals surface area (Å²) >= 11 is 5.49. The summed E-state index contributed by atoms with van der Waals surface area (Å²) in [4.78, 5) is 14.2. The van der Waals surface area contributed by atoms with Gasteiger partial charge in [-0.2, -0.15) is 5.26 Å². The number of hydrogen-bond acceptors (Lipinski definition) is 3. The molecule has 0 aliphatic heterocycles. The number of nitriles is 1. The van der Waals surface area contributed by atoms with Gasteiger partial charge in [0, 0.05) is 0 Å². The Hall–Kier alpha value is -1.74. The molecule has 0 bridgehead atoms. The third-order valence-corrected chi connectivity index (χ3v) is 2.27. The molecular weight excluding hydrogens is 254 g/mol. The number of carboxylic acid groups (broad SMARTS) is 1. The van der Waals surface area contributed by atoms with Crippen molar-refractivity contribution in [1.82, 2.24) is 4.98 Å². The van der Waals surface area contributed by atoms with Crippen molar-refractivity contribution in [1.29, 1.82) is 5.26 Å². The highest BCUT2D eigenvalue weighted by molar-refractivity contribution is 6.16. The maximum absolute atomic E-state index is 12.7. The van der Waals surface area contributed by atoms with E-state index in [9.17, 15) is 13.6 Å². The molecule has 0 radical (unpaired) electrons. The number of carboxylic acids is 1. The molecule has 0 fully saturated rings. The zero-order chi connectivity index (χ0) is 13.0. The molecule has 0 amide bonds. The summed E-state index contributed by atoms with van der Waals surface area (Å²) in [7, 11) is 0. The fourth-order valence-electron chi connectivity index (χ4n) is 1.37. The van der Waals surface area contributed by atoms with E-state index in [0.717, 1.165) is 0 Å². The number of alkyl halides is 3. The van der Waals surface area contributed by atoms with Gasteiger partial charge < -0.3 is 5.11 Å². The maximum Gasteiger partial charge on any atom is 0.307 e. The Labute approximate surface area is 100 Å². The van der Waals surface area contributed by atoms with Gasteiger partial charge in [0.2, 0.25) is 0 Å². The van der Waals surface area contributed by atoms with Crippen LogP contribution in [-0.2, 0) is 17.1 Å². The fourth-order valence-corrected chi connectivity index (χ4v) is 1.51. The molecule has 0 saturated carbocycles. The Bertz CT molecular complexity index is 486. The van der Waals surface area contributed by atoms with Crippen LogP contribution in [-0.4, -0.2) is 16.1 Å². The largest absolute Gasteiger partial charge is 0.481 e. The third kappa shape index (κ3) is 3.11. The Kier molecular flexibility index (Phi) is 4.35. The minimum absolute atomic E-state index is 0.0786. The van der Waals surface area contributed by atoms with Crippen LogP contribution in [0, 0.1) is 11.3 Å². The Morgan fingerprint density at radius 1 is 1.65 bits per heavy atom. The number of halogens is 3. The lowest BCUT2D eigenvalue weighted by Gasteiger charge is -2.10. The lowest BCUT2D eigenvalue weighted by Crippen LogP contribution is -2.09. The maximum atomic E-state index is 12.7. The van der Waals surface area contributed by atoms with Crippen molar-refractivity contribution in [2.24, 2.45) is 0 Å². The molecule has 17 heavy (non-hydrogen) atoms. The highest BCUT2D eigenvalue weighted by atomic mass is 35.5. The van der Waals surface area contributed by atoms with Crippen LogP contribution in [0.4, 0.5) is 8.78 Å². The predicted octanol–water partition coefficient (Wildman–Crippen LogP) is 2.26. The first-order valence-corrected chi connectivity index (χ1v) is 5.01. The Morgan fingerprint density at radius 2 is 2.29 bits per heavy atom. The SMILES string of the molecule is N#Cc1nc(CCl)cc(CC(=O)O)c1C(F)F. The van der Waals surface area contributed by atoms with Crippen LogP contribution >= 0.6 is 11.6 Å². The lowest BCUT2D eigenvalue weighted by atomic mass is 10.0. The Morgan fingerprint density at radius 3 is 2.71 bits per heavy atom. The molecule has 0 aliphatic carbocycles. The monoisotopic (exact) mass is 260 g/mol. The minimum Gasteiger partial charge on any atom is -0.481 e. The second-order valence-electron chi connectivity index (χ2n) is 3.15. The summed E-state index contributed by atoms with van der Waals surface area (Å²) in [5, 5.41) is 17.3. The first-order chi connectivity index (χ1) is 7.99. The van der Waals surface area contributed by atoms with Crippen molar-refractivity contribution in [3.05, 3.63) is 28.6 Å². The molecule has 90 valence electrons. The number of carbonyl (C=O) groups is 1. The summed E-state index contributed by atoms with van der Waals surface area (Å²) in [6.07, 6.45) is -3.54. The van der Waals surface area contributed by atoms with E-state index in [1.807, 2.05) is 0 Å². The summed E-state index contributed by atoms with van der Waals surface area (Å²) in [5.74, 6) is -1.34. The van der Waals surface area contributed by atoms with Crippen molar-refractivity contribution >= 4 is 17.6 Å². The van der Waals surface area contributed by atoms with E-state index >= 15 is 0 Å². The summed E-state index contributed by atoms with van der Waals surface area (Å²) in [6.45, 7) is 0. The summed E-state index contributed by atoms with van der Waals surface area (Å²) in [6, 6.07) is 2.71. The molecule has 1 aromatic heterocycles. The number of hydrogen-bond donors (Lipinski definition) is 1. The zero-order valence-corrected chi connectivity index (χ0v) is 9.21. The molecule has 1 aromatic rings. The topological polar surface area (TPSA) is 74.0 Å². The van der Waals surface area contributed by atoms with Crippen LogP contribution in [0.2, 0.25) is 0 Å². The molecule has 0 aromatic carbocycles. The minimum atomic E-state index is -2.95. The van der Waals surface area contributed by atoms with E-state index in [0.29, 0.717) is 0 Å². The smallest absolute Gasteiger partial charge is 0.307 e. The highest BCUT2D eigenvalue weighted by Gasteiger charge is 2.21. The predicted molar refractivity (Wildman–Crippen MR) is 54.8 cm³/mol. The molecule has 0 spiro atoms. The molecule has 7 heteroatoms. The molecular formula is C10H7ClF2N2O2. The van der Waals surface area contributed by atoms with Crippen LogP contribution in [0.25, 0.3) is 0 Å². The van der Waals surface area contributed by atoms with Crippen molar-refractivity contribution in [2.45, 2.75) is 18.7 Å². The molecule has 1 N–H and O–H groups in total. The fraction of sp³-hybridized carbons (Fsp3) is 0.300. The third-order valence-electron chi connectivity index (χ3n) is 2.00. The van der Waals surface area contributed by atoms with E-state index in [1.54, 1.807) is 0 Å². The van der Waals surface area contributed by atoms with E-state index in [1.165, 1.54) is 12.1 Å². The van der Waals surface area contributed by atoms with Gasteiger partial charge in [0.1, 0.15) is 11.8 Å². The molecule has 4 nitrogen and oxygen atoms in total. The van der Waals surface area contributed by atoms with Gasteiger partial charge in [0.25, 0.3) is 6.43 Å². The van der Waals surface area contributed by atoms with Gasteiger partial charge in [-0.15, -0.1) is 11.6 Å². The molecule has 0 aliphatic rings. The highest BCUT2D eigenvalue weighted by Crippen LogP contribution is 2.27. The number of pyridine rings is 1. The average molecular weight is 261 g/mol. The van der Waals surface area contributed by atoms with Gasteiger partial charge in [-0.1, -0.05) is 0 Å². The zero-order valence-electron chi connectivity index (χ0n) is 8.45.